The molecule has 3 fully saturated rings. The molecule has 1 aromatic heterocycles. The zero-order valence-corrected chi connectivity index (χ0v) is 43.4. The lowest BCUT2D eigenvalue weighted by Gasteiger charge is -2.46. The number of nitrogens with zero attached hydrogens (tertiary/aromatic N) is 6. The van der Waals surface area contributed by atoms with Crippen LogP contribution in [0.1, 0.15) is 93.7 Å². The van der Waals surface area contributed by atoms with Crippen LogP contribution in [-0.4, -0.2) is 188 Å². The lowest BCUT2D eigenvalue weighted by Crippen LogP contribution is -2.59. The van der Waals surface area contributed by atoms with Gasteiger partial charge in [0, 0.05) is 63.7 Å². The van der Waals surface area contributed by atoms with E-state index in [1.165, 1.54) is 37.1 Å². The van der Waals surface area contributed by atoms with Gasteiger partial charge in [-0.25, -0.2) is 13.9 Å². The minimum absolute atomic E-state index is 0.0210. The number of carbonyl (C=O) groups is 2. The van der Waals surface area contributed by atoms with Crippen LogP contribution in [0.4, 0.5) is 14.9 Å². The van der Waals surface area contributed by atoms with Gasteiger partial charge in [-0.15, -0.1) is 5.10 Å². The van der Waals surface area contributed by atoms with E-state index in [0.717, 1.165) is 0 Å². The third-order valence-corrected chi connectivity index (χ3v) is 15.1. The van der Waals surface area contributed by atoms with E-state index in [1.54, 1.807) is 65.5 Å². The molecule has 17 atom stereocenters. The van der Waals surface area contributed by atoms with Crippen LogP contribution in [0.3, 0.4) is 0 Å². The maximum atomic E-state index is 14.4. The van der Waals surface area contributed by atoms with Gasteiger partial charge in [-0.1, -0.05) is 32.1 Å². The van der Waals surface area contributed by atoms with Crippen molar-refractivity contribution in [3.63, 3.8) is 0 Å². The van der Waals surface area contributed by atoms with Crippen LogP contribution in [0, 0.1) is 23.6 Å². The first-order valence-corrected chi connectivity index (χ1v) is 25.0. The fraction of sp³-hybridized carbons (Fsp3) is 0.760. The summed E-state index contributed by atoms with van der Waals surface area (Å²) in [6.45, 7) is 16.8. The summed E-state index contributed by atoms with van der Waals surface area (Å²) in [5, 5.41) is 67.4. The normalized spacial score (nSPS) is 39.5. The molecule has 0 saturated carbocycles. The highest BCUT2D eigenvalue weighted by molar-refractivity contribution is 5.89. The van der Waals surface area contributed by atoms with Crippen molar-refractivity contribution in [2.24, 2.45) is 17.8 Å². The number of likely N-dealkylation sites (N-methyl/N-ethyl adjacent to an activating group) is 2. The molecule has 1 amide bonds. The van der Waals surface area contributed by atoms with Crippen molar-refractivity contribution in [1.29, 1.82) is 0 Å². The number of aliphatic hydroxyl groups is 5. The van der Waals surface area contributed by atoms with Crippen LogP contribution in [0.25, 0.3) is 0 Å². The topological polar surface area (TPSA) is 240 Å². The van der Waals surface area contributed by atoms with Crippen molar-refractivity contribution in [3.8, 4) is 0 Å². The molecular formula is C50H79FN6O14. The fourth-order valence-corrected chi connectivity index (χ4v) is 10.5. The Morgan fingerprint density at radius 3 is 2.39 bits per heavy atom. The average Bonchev–Trinajstić information content (AvgIpc) is 3.94. The van der Waals surface area contributed by atoms with E-state index in [9.17, 15) is 39.5 Å². The van der Waals surface area contributed by atoms with Gasteiger partial charge in [0.2, 0.25) is 6.29 Å². The predicted octanol–water partition coefficient (Wildman–Crippen LogP) is 3.92. The molecule has 0 bridgehead atoms. The number of esters is 1. The molecule has 5 heterocycles. The number of ether oxygens (including phenoxy) is 7. The van der Waals surface area contributed by atoms with Gasteiger partial charge in [0.15, 0.2) is 6.29 Å². The molecule has 6 rings (SSSR count). The number of rotatable bonds is 13. The van der Waals surface area contributed by atoms with Gasteiger partial charge in [-0.05, 0) is 92.6 Å². The molecule has 0 unspecified atom stereocenters. The van der Waals surface area contributed by atoms with Gasteiger partial charge in [-0.2, -0.15) is 0 Å². The Morgan fingerprint density at radius 1 is 1.00 bits per heavy atom. The van der Waals surface area contributed by atoms with Crippen molar-refractivity contribution in [2.45, 2.75) is 186 Å². The molecule has 20 nitrogen and oxygen atoms in total. The van der Waals surface area contributed by atoms with E-state index >= 15 is 0 Å². The maximum Gasteiger partial charge on any atom is 0.414 e. The Morgan fingerprint density at radius 2 is 1.72 bits per heavy atom. The number of anilines is 1. The number of hydrogen-bond acceptors (Lipinski definition) is 18. The Kier molecular flexibility index (Phi) is 18.6. The average molecular weight is 1010 g/mol. The monoisotopic (exact) mass is 1010 g/mol. The number of amides is 1. The molecule has 3 saturated heterocycles. The molecule has 2 aromatic rings. The molecule has 71 heavy (non-hydrogen) atoms. The molecule has 0 aliphatic carbocycles. The van der Waals surface area contributed by atoms with Crippen LogP contribution < -0.4 is 4.90 Å². The van der Waals surface area contributed by atoms with Crippen LogP contribution >= 0.6 is 0 Å². The number of methoxy groups -OCH3 is 1. The second kappa shape index (κ2) is 23.5. The zero-order chi connectivity index (χ0) is 52.3. The van der Waals surface area contributed by atoms with Gasteiger partial charge >= 0.3 is 12.1 Å². The molecule has 400 valence electrons. The van der Waals surface area contributed by atoms with E-state index in [1.807, 2.05) is 30.7 Å². The van der Waals surface area contributed by atoms with Crippen LogP contribution in [0.15, 0.2) is 42.0 Å². The SMILES string of the molecule is CC[C@H]1OC(=O)[C@H](C)[C@@H](O[C@H]2C[C@@](C)(OC)[C@@H](O)[C@H](C)O2)[C@H](C)/C(O[C@@H]2O[C@H](C)C[C@H](N(C)CCc3cn(C[C@H]4CN(c5cccc(F)c5)C(=O)O4)nn3)[C@H]2O)=C(/O)C[C@@H](C)CN(C)[C@H](C)[C@@H](O)[C@]1(C)O. The van der Waals surface area contributed by atoms with E-state index in [4.69, 9.17) is 33.2 Å². The number of carbonyl (C=O) groups excluding carboxylic acids is 2. The molecular weight excluding hydrogens is 928 g/mol. The van der Waals surface area contributed by atoms with Crippen molar-refractivity contribution < 1.29 is 72.7 Å². The summed E-state index contributed by atoms with van der Waals surface area (Å²) in [4.78, 5) is 32.2. The quantitative estimate of drug-likeness (QED) is 0.179. The van der Waals surface area contributed by atoms with Crippen LogP contribution in [0.2, 0.25) is 0 Å². The Balaban J connectivity index is 1.23. The molecule has 4 aliphatic heterocycles. The first-order valence-electron chi connectivity index (χ1n) is 25.0. The highest BCUT2D eigenvalue weighted by Crippen LogP contribution is 2.39. The maximum absolute atomic E-state index is 14.4. The van der Waals surface area contributed by atoms with E-state index in [0.29, 0.717) is 37.3 Å². The molecule has 5 N–H and O–H groups in total. The third-order valence-electron chi connectivity index (χ3n) is 15.1. The second-order valence-corrected chi connectivity index (χ2v) is 20.9. The number of aliphatic hydroxyl groups excluding tert-OH is 4. The highest BCUT2D eigenvalue weighted by Gasteiger charge is 2.50. The molecule has 0 radical (unpaired) electrons. The summed E-state index contributed by atoms with van der Waals surface area (Å²) in [7, 11) is 5.16. The van der Waals surface area contributed by atoms with E-state index in [-0.39, 0.29) is 49.8 Å². The first-order chi connectivity index (χ1) is 33.4. The smallest absolute Gasteiger partial charge is 0.414 e. The summed E-state index contributed by atoms with van der Waals surface area (Å²) in [6.07, 6.45) is -7.38. The van der Waals surface area contributed by atoms with Crippen molar-refractivity contribution in [3.05, 3.63) is 53.5 Å². The van der Waals surface area contributed by atoms with Crippen molar-refractivity contribution in [2.75, 3.05) is 45.7 Å². The predicted molar refractivity (Wildman–Crippen MR) is 256 cm³/mol. The zero-order valence-electron chi connectivity index (χ0n) is 43.4. The van der Waals surface area contributed by atoms with E-state index in [2.05, 4.69) is 10.3 Å². The molecule has 0 spiro atoms. The summed E-state index contributed by atoms with van der Waals surface area (Å²) in [5.41, 5.74) is -1.87. The number of halogens is 1. The Labute approximate surface area is 416 Å². The number of cyclic esters (lactones) is 2. The van der Waals surface area contributed by atoms with Gasteiger partial charge in [0.25, 0.3) is 0 Å². The van der Waals surface area contributed by atoms with Crippen LogP contribution in [0.5, 0.6) is 0 Å². The Bertz CT molecular complexity index is 2130. The minimum Gasteiger partial charge on any atom is -0.509 e. The standard InChI is InChI=1S/C50H79FN6O14/c1-13-39-50(9,64)44(60)31(6)55(11)23-27(2)19-38(58)43(29(4)42(30(5)46(62)69-39)70-40-22-49(8,65-12)45(61)32(7)67-40)71-47-41(59)37(20-28(3)66-47)54(10)18-17-34-24-56(53-52-34)25-36-26-57(48(63)68-36)35-16-14-15-33(51)21-35/h14-16,21,24,27-32,36-37,39-42,44-45,47,58-61,64H,13,17-20,22-23,25-26H2,1-12H3/b43-38-/t27-,28-,29+,30-,31-,32+,36+,37+,39-,40+,41-,42+,44-,45+,47+,49-,50-/m1/s1. The number of aromatic nitrogens is 3. The fourth-order valence-electron chi connectivity index (χ4n) is 10.5. The molecule has 1 aromatic carbocycles. The summed E-state index contributed by atoms with van der Waals surface area (Å²) >= 11 is 0. The van der Waals surface area contributed by atoms with Gasteiger partial charge in [0.1, 0.15) is 53.5 Å². The van der Waals surface area contributed by atoms with Gasteiger partial charge in [0.05, 0.1) is 54.3 Å². The second-order valence-electron chi connectivity index (χ2n) is 20.9. The summed E-state index contributed by atoms with van der Waals surface area (Å²) in [5.74, 6) is -3.62. The Hall–Kier alpha value is -4.03. The van der Waals surface area contributed by atoms with Crippen LogP contribution in [-0.2, 0) is 50.9 Å². The summed E-state index contributed by atoms with van der Waals surface area (Å²) in [6, 6.07) is 4.67. The number of hydrogen-bond donors (Lipinski definition) is 5. The lowest BCUT2D eigenvalue weighted by atomic mass is 9.85. The van der Waals surface area contributed by atoms with Gasteiger partial charge in [-0.3, -0.25) is 9.69 Å². The first kappa shape index (κ1) is 56.3. The number of allylic oxidation sites excluding steroid dienone is 1. The van der Waals surface area contributed by atoms with E-state index < -0.39 is 114 Å². The highest BCUT2D eigenvalue weighted by atomic mass is 19.1. The minimum atomic E-state index is -1.85. The molecule has 4 aliphatic rings. The van der Waals surface area contributed by atoms with Crippen molar-refractivity contribution >= 4 is 17.7 Å². The summed E-state index contributed by atoms with van der Waals surface area (Å²) < 4.78 is 58.7. The number of benzene rings is 1. The largest absolute Gasteiger partial charge is 0.509 e. The van der Waals surface area contributed by atoms with Crippen molar-refractivity contribution in [1.82, 2.24) is 24.8 Å². The van der Waals surface area contributed by atoms with Gasteiger partial charge < -0.3 is 68.5 Å². The lowest BCUT2D eigenvalue weighted by molar-refractivity contribution is -0.297. The molecule has 21 heteroatoms. The third kappa shape index (κ3) is 13.0.